The van der Waals surface area contributed by atoms with Crippen molar-refractivity contribution >= 4 is 21.6 Å². The lowest BCUT2D eigenvalue weighted by Gasteiger charge is -2.30. The molecule has 0 radical (unpaired) electrons. The lowest BCUT2D eigenvalue weighted by atomic mass is 10.1. The van der Waals surface area contributed by atoms with Gasteiger partial charge in [-0.25, -0.2) is 12.7 Å². The minimum Gasteiger partial charge on any atom is -0.466 e. The predicted octanol–water partition coefficient (Wildman–Crippen LogP) is 3.07. The topological polar surface area (TPSA) is 82.9 Å². The number of carbonyl (C=O) groups is 1. The monoisotopic (exact) mass is 419 g/mol. The van der Waals surface area contributed by atoms with E-state index < -0.39 is 10.0 Å². The fourth-order valence-electron chi connectivity index (χ4n) is 3.61. The molecule has 0 aliphatic carbocycles. The number of hydrogen-bond acceptors (Lipinski definition) is 5. The van der Waals surface area contributed by atoms with Crippen molar-refractivity contribution in [2.75, 3.05) is 32.1 Å². The van der Waals surface area contributed by atoms with E-state index in [2.05, 4.69) is 10.2 Å². The van der Waals surface area contributed by atoms with Gasteiger partial charge in [0.25, 0.3) is 5.91 Å². The maximum absolute atomic E-state index is 13.1. The van der Waals surface area contributed by atoms with E-state index in [9.17, 15) is 13.2 Å². The lowest BCUT2D eigenvalue weighted by molar-refractivity contribution is 0.0951. The van der Waals surface area contributed by atoms with Crippen LogP contribution in [0, 0.1) is 13.8 Å². The van der Waals surface area contributed by atoms with Crippen LogP contribution in [0.3, 0.4) is 0 Å². The standard InChI is InChI=1S/C21H29N3O4S/c1-15-12-17(16(2)28-15)14-22-21(25)19-13-18(29(26,27)23(3)4)8-9-20(19)24-10-6-5-7-11-24/h8-9,12-13H,5-7,10-11,14H2,1-4H3,(H,22,25). The maximum atomic E-state index is 13.1. The zero-order valence-corrected chi connectivity index (χ0v) is 18.3. The molecule has 2 aromatic rings. The molecule has 1 aromatic carbocycles. The predicted molar refractivity (Wildman–Crippen MR) is 113 cm³/mol. The van der Waals surface area contributed by atoms with Crippen LogP contribution in [0.15, 0.2) is 33.6 Å². The first-order valence-corrected chi connectivity index (χ1v) is 11.3. The highest BCUT2D eigenvalue weighted by Gasteiger charge is 2.24. The molecule has 29 heavy (non-hydrogen) atoms. The van der Waals surface area contributed by atoms with Crippen molar-refractivity contribution in [1.29, 1.82) is 0 Å². The summed E-state index contributed by atoms with van der Waals surface area (Å²) in [5.74, 6) is 1.27. The van der Waals surface area contributed by atoms with Crippen molar-refractivity contribution in [3.8, 4) is 0 Å². The van der Waals surface area contributed by atoms with Gasteiger partial charge in [0.2, 0.25) is 10.0 Å². The second-order valence-corrected chi connectivity index (χ2v) is 9.79. The fourth-order valence-corrected chi connectivity index (χ4v) is 4.54. The molecule has 0 spiro atoms. The molecule has 1 N–H and O–H groups in total. The third-order valence-electron chi connectivity index (χ3n) is 5.27. The van der Waals surface area contributed by atoms with Gasteiger partial charge >= 0.3 is 0 Å². The molecule has 3 rings (SSSR count). The van der Waals surface area contributed by atoms with Crippen LogP contribution in [0.25, 0.3) is 0 Å². The number of rotatable bonds is 6. The Morgan fingerprint density at radius 1 is 1.14 bits per heavy atom. The number of amides is 1. The van der Waals surface area contributed by atoms with Gasteiger partial charge in [-0.3, -0.25) is 4.79 Å². The Labute approximate surface area is 172 Å². The molecule has 1 amide bonds. The van der Waals surface area contributed by atoms with Crippen LogP contribution >= 0.6 is 0 Å². The fraction of sp³-hybridized carbons (Fsp3) is 0.476. The van der Waals surface area contributed by atoms with Gasteiger partial charge < -0.3 is 14.6 Å². The van der Waals surface area contributed by atoms with E-state index in [0.29, 0.717) is 12.1 Å². The molecule has 1 aromatic heterocycles. The van der Waals surface area contributed by atoms with Gasteiger partial charge in [-0.05, 0) is 57.4 Å². The van der Waals surface area contributed by atoms with Crippen molar-refractivity contribution in [2.24, 2.45) is 0 Å². The number of sulfonamides is 1. The minimum atomic E-state index is -3.63. The number of nitrogens with one attached hydrogen (secondary N) is 1. The summed E-state index contributed by atoms with van der Waals surface area (Å²) in [5, 5.41) is 2.92. The van der Waals surface area contributed by atoms with E-state index in [1.54, 1.807) is 12.1 Å². The first-order valence-electron chi connectivity index (χ1n) is 9.86. The second-order valence-electron chi connectivity index (χ2n) is 7.64. The smallest absolute Gasteiger partial charge is 0.253 e. The average molecular weight is 420 g/mol. The molecule has 1 fully saturated rings. The van der Waals surface area contributed by atoms with E-state index in [1.165, 1.54) is 26.6 Å². The average Bonchev–Trinajstić information content (AvgIpc) is 3.03. The Hall–Kier alpha value is -2.32. The summed E-state index contributed by atoms with van der Waals surface area (Å²) in [4.78, 5) is 15.4. The van der Waals surface area contributed by atoms with E-state index in [1.807, 2.05) is 19.9 Å². The molecule has 0 bridgehead atoms. The Morgan fingerprint density at radius 2 is 1.83 bits per heavy atom. The zero-order valence-electron chi connectivity index (χ0n) is 17.5. The van der Waals surface area contributed by atoms with Crippen molar-refractivity contribution in [3.63, 3.8) is 0 Å². The Bertz CT molecular complexity index is 989. The Balaban J connectivity index is 1.93. The van der Waals surface area contributed by atoms with Crippen molar-refractivity contribution in [2.45, 2.75) is 44.6 Å². The maximum Gasteiger partial charge on any atom is 0.253 e. The van der Waals surface area contributed by atoms with Crippen LogP contribution in [-0.4, -0.2) is 45.8 Å². The van der Waals surface area contributed by atoms with Gasteiger partial charge in [-0.1, -0.05) is 0 Å². The number of nitrogens with zero attached hydrogens (tertiary/aromatic N) is 2. The molecular formula is C21H29N3O4S. The SMILES string of the molecule is Cc1cc(CNC(=O)c2cc(S(=O)(=O)N(C)C)ccc2N2CCCCC2)c(C)o1. The van der Waals surface area contributed by atoms with E-state index >= 15 is 0 Å². The number of aryl methyl sites for hydroxylation is 2. The van der Waals surface area contributed by atoms with E-state index in [0.717, 1.165) is 53.0 Å². The van der Waals surface area contributed by atoms with Gasteiger partial charge in [0.15, 0.2) is 0 Å². The third kappa shape index (κ3) is 4.64. The highest BCUT2D eigenvalue weighted by molar-refractivity contribution is 7.89. The van der Waals surface area contributed by atoms with Gasteiger partial charge in [-0.15, -0.1) is 0 Å². The van der Waals surface area contributed by atoms with Crippen LogP contribution in [0.1, 0.15) is 46.7 Å². The lowest BCUT2D eigenvalue weighted by Crippen LogP contribution is -2.33. The molecule has 0 atom stereocenters. The molecule has 158 valence electrons. The summed E-state index contributed by atoms with van der Waals surface area (Å²) in [5.41, 5.74) is 2.07. The second kappa shape index (κ2) is 8.59. The van der Waals surface area contributed by atoms with Gasteiger partial charge in [0.1, 0.15) is 11.5 Å². The van der Waals surface area contributed by atoms with Crippen LogP contribution in [0.4, 0.5) is 5.69 Å². The van der Waals surface area contributed by atoms with Gasteiger partial charge in [0, 0.05) is 45.0 Å². The highest BCUT2D eigenvalue weighted by atomic mass is 32.2. The van der Waals surface area contributed by atoms with Crippen molar-refractivity contribution in [3.05, 3.63) is 46.9 Å². The van der Waals surface area contributed by atoms with Crippen molar-refractivity contribution in [1.82, 2.24) is 9.62 Å². The molecule has 1 aliphatic heterocycles. The number of benzene rings is 1. The number of piperidine rings is 1. The van der Waals surface area contributed by atoms with Crippen LogP contribution in [0.5, 0.6) is 0 Å². The quantitative estimate of drug-likeness (QED) is 0.778. The molecule has 2 heterocycles. The van der Waals surface area contributed by atoms with Crippen LogP contribution < -0.4 is 10.2 Å². The van der Waals surface area contributed by atoms with E-state index in [4.69, 9.17) is 4.42 Å². The number of anilines is 1. The summed E-state index contributed by atoms with van der Waals surface area (Å²) in [6, 6.07) is 6.72. The van der Waals surface area contributed by atoms with Crippen LogP contribution in [0.2, 0.25) is 0 Å². The number of furan rings is 1. The molecule has 0 unspecified atom stereocenters. The number of hydrogen-bond donors (Lipinski definition) is 1. The first-order chi connectivity index (χ1) is 13.7. The molecular weight excluding hydrogens is 390 g/mol. The molecule has 1 aliphatic rings. The summed E-state index contributed by atoms with van der Waals surface area (Å²) >= 11 is 0. The molecule has 8 heteroatoms. The van der Waals surface area contributed by atoms with E-state index in [-0.39, 0.29) is 10.8 Å². The Kier molecular flexibility index (Phi) is 6.33. The third-order valence-corrected chi connectivity index (χ3v) is 7.08. The molecule has 0 saturated carbocycles. The number of carbonyl (C=O) groups excluding carboxylic acids is 1. The summed E-state index contributed by atoms with van der Waals surface area (Å²) in [7, 11) is -0.664. The van der Waals surface area contributed by atoms with Crippen molar-refractivity contribution < 1.29 is 17.6 Å². The molecule has 1 saturated heterocycles. The van der Waals surface area contributed by atoms with Gasteiger partial charge in [0.05, 0.1) is 10.5 Å². The van der Waals surface area contributed by atoms with Gasteiger partial charge in [-0.2, -0.15) is 0 Å². The largest absolute Gasteiger partial charge is 0.466 e. The highest BCUT2D eigenvalue weighted by Crippen LogP contribution is 2.28. The summed E-state index contributed by atoms with van der Waals surface area (Å²) in [6.45, 7) is 5.77. The van der Waals surface area contributed by atoms with Crippen LogP contribution in [-0.2, 0) is 16.6 Å². The Morgan fingerprint density at radius 3 is 2.41 bits per heavy atom. The normalized spacial score (nSPS) is 15.0. The molecule has 7 nitrogen and oxygen atoms in total. The zero-order chi connectivity index (χ0) is 21.2. The minimum absolute atomic E-state index is 0.115. The summed E-state index contributed by atoms with van der Waals surface area (Å²) in [6.07, 6.45) is 3.29. The summed E-state index contributed by atoms with van der Waals surface area (Å²) < 4.78 is 31.9. The first kappa shape index (κ1) is 21.4.